The van der Waals surface area contributed by atoms with Crippen molar-refractivity contribution in [2.24, 2.45) is 0 Å². The molecule has 1 aliphatic heterocycles. The Kier molecular flexibility index (Phi) is 9.61. The monoisotopic (exact) mass is 440 g/mol. The highest BCUT2D eigenvalue weighted by atomic mass is 32.2. The molecule has 30 heavy (non-hydrogen) atoms. The normalized spacial score (nSPS) is 25.9. The van der Waals surface area contributed by atoms with Crippen LogP contribution in [0.4, 0.5) is 0 Å². The third-order valence-electron chi connectivity index (χ3n) is 4.26. The first-order valence-electron chi connectivity index (χ1n) is 9.72. The fourth-order valence-corrected chi connectivity index (χ4v) is 4.07. The number of ether oxygens (including phenoxy) is 5. The number of rotatable bonds is 9. The van der Waals surface area contributed by atoms with Gasteiger partial charge in [0.05, 0.1) is 6.61 Å². The number of hydrogen-bond acceptors (Lipinski definition) is 9. The third-order valence-corrected chi connectivity index (χ3v) is 5.30. The summed E-state index contributed by atoms with van der Waals surface area (Å²) < 4.78 is 28.3. The van der Waals surface area contributed by atoms with Crippen LogP contribution in [-0.2, 0) is 44.7 Å². The van der Waals surface area contributed by atoms with Gasteiger partial charge in [-0.15, -0.1) is 11.8 Å². The smallest absolute Gasteiger partial charge is 0.303 e. The molecule has 0 N–H and O–H groups in total. The maximum absolute atomic E-state index is 11.8. The van der Waals surface area contributed by atoms with Gasteiger partial charge in [-0.05, 0) is 11.3 Å². The standard InChI is InChI=1S/C21H28O8S/c1-5-30-21-20(28-15(4)24)19(26-11-16-9-7-6-8-10-16)18(27-14(3)23)17(29-21)12-25-13(2)22/h6-10,17-21H,5,11-12H2,1-4H3/t17?,18-,19?,20?,21+/m1/s1. The molecule has 3 unspecified atom stereocenters. The maximum atomic E-state index is 11.8. The van der Waals surface area contributed by atoms with Crippen molar-refractivity contribution >= 4 is 29.7 Å². The molecule has 9 heteroatoms. The quantitative estimate of drug-likeness (QED) is 0.424. The van der Waals surface area contributed by atoms with E-state index in [-0.39, 0.29) is 13.2 Å². The molecule has 2 rings (SSSR count). The lowest BCUT2D eigenvalue weighted by molar-refractivity contribution is -0.241. The van der Waals surface area contributed by atoms with Crippen molar-refractivity contribution in [3.63, 3.8) is 0 Å². The SMILES string of the molecule is CCS[C@@H]1OC(COC(C)=O)[C@@H](OC(C)=O)C(OCc2ccccc2)C1OC(C)=O. The lowest BCUT2D eigenvalue weighted by Crippen LogP contribution is -2.61. The minimum atomic E-state index is -0.927. The lowest BCUT2D eigenvalue weighted by atomic mass is 9.99. The van der Waals surface area contributed by atoms with E-state index in [2.05, 4.69) is 0 Å². The Bertz CT molecular complexity index is 710. The Hall–Kier alpha value is -2.10. The van der Waals surface area contributed by atoms with Crippen LogP contribution in [0.15, 0.2) is 30.3 Å². The van der Waals surface area contributed by atoms with Gasteiger partial charge in [-0.3, -0.25) is 14.4 Å². The second-order valence-electron chi connectivity index (χ2n) is 6.71. The summed E-state index contributed by atoms with van der Waals surface area (Å²) in [6, 6.07) is 9.46. The van der Waals surface area contributed by atoms with Crippen LogP contribution < -0.4 is 0 Å². The third kappa shape index (κ3) is 7.30. The van der Waals surface area contributed by atoms with Crippen LogP contribution in [0.3, 0.4) is 0 Å². The van der Waals surface area contributed by atoms with Gasteiger partial charge in [0.2, 0.25) is 0 Å². The summed E-state index contributed by atoms with van der Waals surface area (Å²) in [7, 11) is 0. The van der Waals surface area contributed by atoms with Crippen LogP contribution in [0.1, 0.15) is 33.3 Å². The molecule has 0 spiro atoms. The highest BCUT2D eigenvalue weighted by Gasteiger charge is 2.50. The summed E-state index contributed by atoms with van der Waals surface area (Å²) in [4.78, 5) is 34.9. The first-order valence-corrected chi connectivity index (χ1v) is 10.8. The van der Waals surface area contributed by atoms with Crippen molar-refractivity contribution in [3.8, 4) is 0 Å². The van der Waals surface area contributed by atoms with Gasteiger partial charge >= 0.3 is 17.9 Å². The number of benzene rings is 1. The minimum absolute atomic E-state index is 0.119. The zero-order valence-corrected chi connectivity index (χ0v) is 18.4. The van der Waals surface area contributed by atoms with Crippen LogP contribution in [0.5, 0.6) is 0 Å². The zero-order valence-electron chi connectivity index (χ0n) is 17.6. The number of carbonyl (C=O) groups excluding carboxylic acids is 3. The van der Waals surface area contributed by atoms with Crippen molar-refractivity contribution in [2.45, 2.75) is 64.2 Å². The van der Waals surface area contributed by atoms with Crippen molar-refractivity contribution < 1.29 is 38.1 Å². The molecule has 0 aliphatic carbocycles. The van der Waals surface area contributed by atoms with Crippen LogP contribution >= 0.6 is 11.8 Å². The van der Waals surface area contributed by atoms with Crippen molar-refractivity contribution in [3.05, 3.63) is 35.9 Å². The van der Waals surface area contributed by atoms with Gasteiger partial charge in [0.25, 0.3) is 0 Å². The topological polar surface area (TPSA) is 97.4 Å². The van der Waals surface area contributed by atoms with E-state index in [0.717, 1.165) is 5.56 Å². The fourth-order valence-electron chi connectivity index (χ4n) is 3.12. The number of thioether (sulfide) groups is 1. The van der Waals surface area contributed by atoms with Crippen LogP contribution in [0.25, 0.3) is 0 Å². The molecule has 1 aromatic carbocycles. The molecule has 0 saturated carbocycles. The summed E-state index contributed by atoms with van der Waals surface area (Å²) in [6.07, 6.45) is -3.32. The molecule has 1 fully saturated rings. The molecular weight excluding hydrogens is 412 g/mol. The molecule has 5 atom stereocenters. The predicted molar refractivity (Wildman–Crippen MR) is 110 cm³/mol. The molecule has 1 aromatic rings. The largest absolute Gasteiger partial charge is 0.463 e. The summed E-state index contributed by atoms with van der Waals surface area (Å²) in [6.45, 7) is 5.89. The molecule has 0 amide bonds. The lowest BCUT2D eigenvalue weighted by Gasteiger charge is -2.44. The summed E-state index contributed by atoms with van der Waals surface area (Å²) in [5.74, 6) is -0.845. The first-order chi connectivity index (χ1) is 14.3. The van der Waals surface area contributed by atoms with E-state index in [4.69, 9.17) is 23.7 Å². The van der Waals surface area contributed by atoms with Crippen LogP contribution in [0.2, 0.25) is 0 Å². The fraction of sp³-hybridized carbons (Fsp3) is 0.571. The summed E-state index contributed by atoms with van der Waals surface area (Å²) in [5.41, 5.74) is 0.329. The Morgan fingerprint density at radius 3 is 2.13 bits per heavy atom. The van der Waals surface area contributed by atoms with Crippen LogP contribution in [0, 0.1) is 0 Å². The summed E-state index contributed by atoms with van der Waals surface area (Å²) >= 11 is 1.43. The van der Waals surface area contributed by atoms with Crippen molar-refractivity contribution in [2.75, 3.05) is 12.4 Å². The van der Waals surface area contributed by atoms with E-state index >= 15 is 0 Å². The van der Waals surface area contributed by atoms with Crippen molar-refractivity contribution in [1.29, 1.82) is 0 Å². The highest BCUT2D eigenvalue weighted by molar-refractivity contribution is 7.99. The molecule has 8 nitrogen and oxygen atoms in total. The van der Waals surface area contributed by atoms with Gasteiger partial charge in [0, 0.05) is 20.8 Å². The van der Waals surface area contributed by atoms with Crippen molar-refractivity contribution in [1.82, 2.24) is 0 Å². The predicted octanol–water partition coefficient (Wildman–Crippen LogP) is 2.48. The van der Waals surface area contributed by atoms with E-state index in [1.54, 1.807) is 0 Å². The van der Waals surface area contributed by atoms with E-state index in [0.29, 0.717) is 5.75 Å². The van der Waals surface area contributed by atoms with Gasteiger partial charge in [-0.2, -0.15) is 0 Å². The van der Waals surface area contributed by atoms with E-state index < -0.39 is 47.8 Å². The average Bonchev–Trinajstić information content (AvgIpc) is 2.68. The van der Waals surface area contributed by atoms with E-state index in [9.17, 15) is 14.4 Å². The molecule has 1 aliphatic rings. The average molecular weight is 441 g/mol. The Morgan fingerprint density at radius 1 is 0.933 bits per heavy atom. The van der Waals surface area contributed by atoms with E-state index in [1.165, 1.54) is 32.5 Å². The Morgan fingerprint density at radius 2 is 1.57 bits per heavy atom. The van der Waals surface area contributed by atoms with E-state index in [1.807, 2.05) is 37.3 Å². The number of hydrogen-bond donors (Lipinski definition) is 0. The van der Waals surface area contributed by atoms with Gasteiger partial charge in [-0.1, -0.05) is 37.3 Å². The zero-order chi connectivity index (χ0) is 22.1. The van der Waals surface area contributed by atoms with Crippen LogP contribution in [-0.4, -0.2) is 60.1 Å². The van der Waals surface area contributed by atoms with Gasteiger partial charge in [0.15, 0.2) is 12.2 Å². The Labute approximate surface area is 180 Å². The second kappa shape index (κ2) is 11.9. The minimum Gasteiger partial charge on any atom is -0.463 e. The van der Waals surface area contributed by atoms with Gasteiger partial charge in [-0.25, -0.2) is 0 Å². The molecule has 0 aromatic heterocycles. The first kappa shape index (κ1) is 24.2. The second-order valence-corrected chi connectivity index (χ2v) is 8.09. The number of esters is 3. The molecule has 0 bridgehead atoms. The Balaban J connectivity index is 2.34. The summed E-state index contributed by atoms with van der Waals surface area (Å²) in [5, 5.41) is 0. The number of carbonyl (C=O) groups is 3. The van der Waals surface area contributed by atoms with Gasteiger partial charge in [0.1, 0.15) is 24.3 Å². The molecule has 166 valence electrons. The molecule has 1 saturated heterocycles. The maximum Gasteiger partial charge on any atom is 0.303 e. The molecule has 0 radical (unpaired) electrons. The highest BCUT2D eigenvalue weighted by Crippen LogP contribution is 2.34. The van der Waals surface area contributed by atoms with Gasteiger partial charge < -0.3 is 23.7 Å². The molecular formula is C21H28O8S. The molecule has 1 heterocycles.